The highest BCUT2D eigenvalue weighted by atomic mass is 35.5. The maximum atomic E-state index is 13.3. The third-order valence-corrected chi connectivity index (χ3v) is 4.95. The van der Waals surface area contributed by atoms with Crippen molar-refractivity contribution in [2.24, 2.45) is 0 Å². The van der Waals surface area contributed by atoms with E-state index in [4.69, 9.17) is 23.2 Å². The quantitative estimate of drug-likeness (QED) is 0.624. The molecule has 0 saturated carbocycles. The summed E-state index contributed by atoms with van der Waals surface area (Å²) in [6.45, 7) is 3.43. The van der Waals surface area contributed by atoms with Gasteiger partial charge in [-0.05, 0) is 37.6 Å². The summed E-state index contributed by atoms with van der Waals surface area (Å²) in [5, 5.41) is 3.93. The Morgan fingerprint density at radius 2 is 2.00 bits per heavy atom. The van der Waals surface area contributed by atoms with Gasteiger partial charge in [-0.1, -0.05) is 23.2 Å². The number of aryl methyl sites for hydroxylation is 2. The number of benzene rings is 1. The van der Waals surface area contributed by atoms with Crippen LogP contribution in [0.1, 0.15) is 31.8 Å². The zero-order valence-electron chi connectivity index (χ0n) is 13.8. The number of nitrogens with one attached hydrogen (secondary N) is 1. The molecular formula is C17H13Cl2FN4OS. The molecule has 1 N–H and O–H groups in total. The van der Waals surface area contributed by atoms with Crippen molar-refractivity contribution in [2.75, 3.05) is 5.32 Å². The van der Waals surface area contributed by atoms with Crippen LogP contribution < -0.4 is 5.32 Å². The van der Waals surface area contributed by atoms with E-state index in [2.05, 4.69) is 20.3 Å². The Hall–Kier alpha value is -2.09. The van der Waals surface area contributed by atoms with Crippen molar-refractivity contribution in [3.05, 3.63) is 67.4 Å². The number of nitrogens with zero attached hydrogens (tertiary/aromatic N) is 3. The molecule has 0 unspecified atom stereocenters. The van der Waals surface area contributed by atoms with Crippen LogP contribution >= 0.6 is 34.5 Å². The van der Waals surface area contributed by atoms with Gasteiger partial charge < -0.3 is 5.32 Å². The predicted octanol–water partition coefficient (Wildman–Crippen LogP) is 4.84. The lowest BCUT2D eigenvalue weighted by molar-refractivity contribution is 0.103. The van der Waals surface area contributed by atoms with Gasteiger partial charge >= 0.3 is 0 Å². The van der Waals surface area contributed by atoms with E-state index in [-0.39, 0.29) is 10.9 Å². The molecule has 1 aromatic carbocycles. The molecule has 0 aliphatic rings. The summed E-state index contributed by atoms with van der Waals surface area (Å²) in [6.07, 6.45) is 1.93. The Morgan fingerprint density at radius 1 is 1.23 bits per heavy atom. The lowest BCUT2D eigenvalue weighted by Crippen LogP contribution is -2.11. The van der Waals surface area contributed by atoms with Gasteiger partial charge in [-0.3, -0.25) is 4.79 Å². The van der Waals surface area contributed by atoms with Crippen molar-refractivity contribution in [3.63, 3.8) is 0 Å². The Balaban J connectivity index is 1.76. The summed E-state index contributed by atoms with van der Waals surface area (Å²) < 4.78 is 13.3. The van der Waals surface area contributed by atoms with E-state index in [9.17, 15) is 9.18 Å². The zero-order chi connectivity index (χ0) is 18.8. The van der Waals surface area contributed by atoms with Gasteiger partial charge in [0.1, 0.15) is 21.7 Å². The van der Waals surface area contributed by atoms with Crippen molar-refractivity contribution in [3.8, 4) is 0 Å². The first kappa shape index (κ1) is 18.7. The molecule has 0 aliphatic heterocycles. The Kier molecular flexibility index (Phi) is 5.50. The summed E-state index contributed by atoms with van der Waals surface area (Å²) in [5.74, 6) is -0.241. The molecule has 1 amide bonds. The molecular weight excluding hydrogens is 398 g/mol. The van der Waals surface area contributed by atoms with E-state index in [1.165, 1.54) is 23.6 Å². The van der Waals surface area contributed by atoms with Crippen molar-refractivity contribution in [1.82, 2.24) is 15.0 Å². The van der Waals surface area contributed by atoms with Gasteiger partial charge in [0.2, 0.25) is 0 Å². The summed E-state index contributed by atoms with van der Waals surface area (Å²) in [7, 11) is 0. The zero-order valence-corrected chi connectivity index (χ0v) is 16.1. The third-order valence-electron chi connectivity index (χ3n) is 3.46. The van der Waals surface area contributed by atoms with Crippen molar-refractivity contribution < 1.29 is 9.18 Å². The summed E-state index contributed by atoms with van der Waals surface area (Å²) >= 11 is 13.2. The van der Waals surface area contributed by atoms with Gasteiger partial charge in [-0.2, -0.15) is 0 Å². The van der Waals surface area contributed by atoms with Crippen LogP contribution in [0, 0.1) is 19.7 Å². The first-order chi connectivity index (χ1) is 12.3. The molecule has 2 heterocycles. The molecule has 5 nitrogen and oxygen atoms in total. The van der Waals surface area contributed by atoms with E-state index < -0.39 is 5.82 Å². The SMILES string of the molecule is Cc1nc(Cl)cc(Cc2ncc(C(=O)Nc3c(C)cc(F)cc3Cl)s2)n1. The molecule has 0 atom stereocenters. The van der Waals surface area contributed by atoms with Gasteiger partial charge in [0.05, 0.1) is 27.6 Å². The van der Waals surface area contributed by atoms with E-state index >= 15 is 0 Å². The molecule has 3 rings (SSSR count). The highest BCUT2D eigenvalue weighted by Crippen LogP contribution is 2.28. The number of hydrogen-bond donors (Lipinski definition) is 1. The van der Waals surface area contributed by atoms with Crippen LogP contribution in [-0.2, 0) is 6.42 Å². The van der Waals surface area contributed by atoms with Crippen LogP contribution in [-0.4, -0.2) is 20.9 Å². The van der Waals surface area contributed by atoms with E-state index in [1.807, 2.05) is 0 Å². The molecule has 0 bridgehead atoms. The fraction of sp³-hybridized carbons (Fsp3) is 0.176. The van der Waals surface area contributed by atoms with Crippen LogP contribution in [0.4, 0.5) is 10.1 Å². The van der Waals surface area contributed by atoms with Crippen LogP contribution in [0.3, 0.4) is 0 Å². The minimum absolute atomic E-state index is 0.145. The smallest absolute Gasteiger partial charge is 0.267 e. The number of amides is 1. The molecule has 9 heteroatoms. The van der Waals surface area contributed by atoms with E-state index in [1.54, 1.807) is 19.9 Å². The lowest BCUT2D eigenvalue weighted by Gasteiger charge is -2.09. The Morgan fingerprint density at radius 3 is 2.69 bits per heavy atom. The molecule has 0 saturated heterocycles. The van der Waals surface area contributed by atoms with Gasteiger partial charge in [-0.25, -0.2) is 19.3 Å². The van der Waals surface area contributed by atoms with E-state index in [0.717, 1.165) is 11.8 Å². The number of anilines is 1. The van der Waals surface area contributed by atoms with Gasteiger partial charge in [-0.15, -0.1) is 11.3 Å². The van der Waals surface area contributed by atoms with Crippen molar-refractivity contribution >= 4 is 46.1 Å². The second-order valence-electron chi connectivity index (χ2n) is 5.56. The third kappa shape index (κ3) is 4.35. The molecule has 0 spiro atoms. The summed E-state index contributed by atoms with van der Waals surface area (Å²) in [5.41, 5.74) is 1.65. The number of aromatic nitrogens is 3. The highest BCUT2D eigenvalue weighted by molar-refractivity contribution is 7.13. The largest absolute Gasteiger partial charge is 0.320 e. The molecule has 0 aliphatic carbocycles. The normalized spacial score (nSPS) is 10.8. The number of thiazole rings is 1. The van der Waals surface area contributed by atoms with Crippen LogP contribution in [0.5, 0.6) is 0 Å². The number of carbonyl (C=O) groups is 1. The second-order valence-corrected chi connectivity index (χ2v) is 7.47. The number of hydrogen-bond acceptors (Lipinski definition) is 5. The first-order valence-corrected chi connectivity index (χ1v) is 9.11. The molecule has 0 radical (unpaired) electrons. The van der Waals surface area contributed by atoms with Crippen molar-refractivity contribution in [1.29, 1.82) is 0 Å². The average molecular weight is 411 g/mol. The maximum Gasteiger partial charge on any atom is 0.267 e. The molecule has 134 valence electrons. The molecule has 26 heavy (non-hydrogen) atoms. The standard InChI is InChI=1S/C17H13Cl2FN4OS/c1-8-3-10(20)4-12(18)16(8)24-17(25)13-7-21-15(26-13)6-11-5-14(19)23-9(2)22-11/h3-5,7H,6H2,1-2H3,(H,24,25). The number of rotatable bonds is 4. The van der Waals surface area contributed by atoms with Crippen LogP contribution in [0.25, 0.3) is 0 Å². The number of carbonyl (C=O) groups excluding carboxylic acids is 1. The second kappa shape index (κ2) is 7.65. The average Bonchev–Trinajstić information content (AvgIpc) is 2.98. The Labute approximate surface area is 163 Å². The monoisotopic (exact) mass is 410 g/mol. The summed E-state index contributed by atoms with van der Waals surface area (Å²) in [6, 6.07) is 4.13. The van der Waals surface area contributed by atoms with Crippen molar-refractivity contribution in [2.45, 2.75) is 20.3 Å². The lowest BCUT2D eigenvalue weighted by atomic mass is 10.2. The van der Waals surface area contributed by atoms with E-state index in [0.29, 0.717) is 38.5 Å². The highest BCUT2D eigenvalue weighted by Gasteiger charge is 2.15. The van der Waals surface area contributed by atoms with Crippen LogP contribution in [0.15, 0.2) is 24.4 Å². The van der Waals surface area contributed by atoms with Gasteiger partial charge in [0.25, 0.3) is 5.91 Å². The number of halogens is 3. The fourth-order valence-electron chi connectivity index (χ4n) is 2.37. The fourth-order valence-corrected chi connectivity index (χ4v) is 3.74. The summed E-state index contributed by atoms with van der Waals surface area (Å²) in [4.78, 5) is 25.4. The first-order valence-electron chi connectivity index (χ1n) is 7.53. The molecule has 3 aromatic rings. The predicted molar refractivity (Wildman–Crippen MR) is 101 cm³/mol. The minimum Gasteiger partial charge on any atom is -0.320 e. The van der Waals surface area contributed by atoms with Crippen LogP contribution in [0.2, 0.25) is 10.2 Å². The Bertz CT molecular complexity index is 949. The molecule has 2 aromatic heterocycles. The topological polar surface area (TPSA) is 67.8 Å². The van der Waals surface area contributed by atoms with Gasteiger partial charge in [0.15, 0.2) is 0 Å². The minimum atomic E-state index is -0.454. The molecule has 0 fully saturated rings. The van der Waals surface area contributed by atoms with Gasteiger partial charge in [0, 0.05) is 6.42 Å². The maximum absolute atomic E-state index is 13.3.